The molecule has 0 saturated heterocycles. The monoisotopic (exact) mass is 218 g/mol. The number of anilines is 2. The summed E-state index contributed by atoms with van der Waals surface area (Å²) in [5, 5.41) is 8.51. The Balaban J connectivity index is 2.55. The lowest BCUT2D eigenvalue weighted by molar-refractivity contribution is -0.131. The Morgan fingerprint density at radius 3 is 2.88 bits per heavy atom. The van der Waals surface area contributed by atoms with E-state index >= 15 is 0 Å². The minimum absolute atomic E-state index is 0.279. The fourth-order valence-corrected chi connectivity index (χ4v) is 1.44. The number of H-pyrrole nitrogens is 1. The van der Waals surface area contributed by atoms with Crippen molar-refractivity contribution in [1.82, 2.24) is 9.97 Å². The molecule has 0 saturated carbocycles. The number of aromatic amines is 1. The molecular weight excluding hydrogens is 208 g/mol. The molecular formula is C10H10N4O2. The third kappa shape index (κ3) is 1.68. The summed E-state index contributed by atoms with van der Waals surface area (Å²) in [7, 11) is 0. The molecule has 0 bridgehead atoms. The van der Waals surface area contributed by atoms with Crippen LogP contribution in [0.1, 0.15) is 5.56 Å². The molecule has 6 N–H and O–H groups in total. The van der Waals surface area contributed by atoms with Gasteiger partial charge in [0.1, 0.15) is 5.52 Å². The summed E-state index contributed by atoms with van der Waals surface area (Å²) >= 11 is 0. The molecule has 1 aromatic heterocycles. The quantitative estimate of drug-likeness (QED) is 0.439. The summed E-state index contributed by atoms with van der Waals surface area (Å²) in [5.74, 6) is -0.748. The Morgan fingerprint density at radius 1 is 1.44 bits per heavy atom. The molecule has 0 unspecified atom stereocenters. The minimum atomic E-state index is -1.03. The first-order valence-corrected chi connectivity index (χ1v) is 4.52. The molecule has 82 valence electrons. The molecule has 0 aliphatic carbocycles. The van der Waals surface area contributed by atoms with Gasteiger partial charge in [-0.3, -0.25) is 0 Å². The van der Waals surface area contributed by atoms with Crippen molar-refractivity contribution in [3.63, 3.8) is 0 Å². The summed E-state index contributed by atoms with van der Waals surface area (Å²) in [5.41, 5.74) is 13.6. The van der Waals surface area contributed by atoms with Gasteiger partial charge >= 0.3 is 5.97 Å². The number of nitrogens with two attached hydrogens (primary N) is 2. The van der Waals surface area contributed by atoms with Crippen molar-refractivity contribution in [3.05, 3.63) is 23.8 Å². The second kappa shape index (κ2) is 3.58. The zero-order valence-electron chi connectivity index (χ0n) is 8.27. The van der Waals surface area contributed by atoms with Crippen molar-refractivity contribution in [2.24, 2.45) is 0 Å². The van der Waals surface area contributed by atoms with E-state index in [-0.39, 0.29) is 5.95 Å². The highest BCUT2D eigenvalue weighted by Gasteiger charge is 2.06. The van der Waals surface area contributed by atoms with E-state index in [1.54, 1.807) is 12.1 Å². The van der Waals surface area contributed by atoms with Crippen molar-refractivity contribution in [3.8, 4) is 0 Å². The lowest BCUT2D eigenvalue weighted by atomic mass is 10.1. The number of aromatic nitrogens is 2. The fourth-order valence-electron chi connectivity index (χ4n) is 1.44. The van der Waals surface area contributed by atoms with Crippen LogP contribution in [0.25, 0.3) is 17.1 Å². The first-order valence-electron chi connectivity index (χ1n) is 4.52. The number of nitrogens with one attached hydrogen (secondary N) is 1. The number of nitrogen functional groups attached to an aromatic ring is 2. The van der Waals surface area contributed by atoms with Crippen LogP contribution in [0.15, 0.2) is 18.2 Å². The lowest BCUT2D eigenvalue weighted by Gasteiger charge is -1.99. The van der Waals surface area contributed by atoms with Crippen LogP contribution in [-0.2, 0) is 4.79 Å². The van der Waals surface area contributed by atoms with Crippen LogP contribution in [0, 0.1) is 0 Å². The molecule has 16 heavy (non-hydrogen) atoms. The number of rotatable bonds is 2. The van der Waals surface area contributed by atoms with Crippen molar-refractivity contribution >= 4 is 34.7 Å². The highest BCUT2D eigenvalue weighted by Crippen LogP contribution is 2.24. The molecule has 0 aliphatic rings. The molecule has 2 rings (SSSR count). The maximum atomic E-state index is 10.4. The van der Waals surface area contributed by atoms with Gasteiger partial charge in [0.25, 0.3) is 0 Å². The smallest absolute Gasteiger partial charge is 0.328 e. The van der Waals surface area contributed by atoms with Gasteiger partial charge < -0.3 is 21.6 Å². The van der Waals surface area contributed by atoms with Gasteiger partial charge in [0.2, 0.25) is 0 Å². The number of carbonyl (C=O) groups is 1. The van der Waals surface area contributed by atoms with Crippen LogP contribution in [0.4, 0.5) is 11.6 Å². The Hall–Kier alpha value is -2.50. The van der Waals surface area contributed by atoms with Gasteiger partial charge in [0, 0.05) is 11.6 Å². The molecule has 6 heteroatoms. The fraction of sp³-hybridized carbons (Fsp3) is 0. The van der Waals surface area contributed by atoms with Gasteiger partial charge in [-0.1, -0.05) is 6.07 Å². The lowest BCUT2D eigenvalue weighted by Crippen LogP contribution is -1.92. The largest absolute Gasteiger partial charge is 0.478 e. The van der Waals surface area contributed by atoms with Gasteiger partial charge in [0.15, 0.2) is 5.95 Å². The molecule has 1 aromatic carbocycles. The van der Waals surface area contributed by atoms with Gasteiger partial charge in [-0.2, -0.15) is 0 Å². The standard InChI is InChI=1S/C10H10N4O2/c11-8-5(2-4-7(15)16)1-3-6-9(8)14-10(12)13-6/h1-4H,11H2,(H,15,16)(H3,12,13,14)/b4-2+. The van der Waals surface area contributed by atoms with E-state index in [0.29, 0.717) is 16.8 Å². The average molecular weight is 218 g/mol. The van der Waals surface area contributed by atoms with Crippen LogP contribution < -0.4 is 11.5 Å². The Morgan fingerprint density at radius 2 is 2.19 bits per heavy atom. The Labute approximate surface area is 90.6 Å². The third-order valence-electron chi connectivity index (χ3n) is 2.15. The molecule has 0 aliphatic heterocycles. The van der Waals surface area contributed by atoms with Crippen LogP contribution >= 0.6 is 0 Å². The topological polar surface area (TPSA) is 118 Å². The van der Waals surface area contributed by atoms with E-state index in [9.17, 15) is 4.79 Å². The van der Waals surface area contributed by atoms with Crippen LogP contribution in [0.2, 0.25) is 0 Å². The summed E-state index contributed by atoms with van der Waals surface area (Å²) in [4.78, 5) is 17.2. The highest BCUT2D eigenvalue weighted by molar-refractivity contribution is 5.95. The maximum Gasteiger partial charge on any atom is 0.328 e. The van der Waals surface area contributed by atoms with E-state index in [0.717, 1.165) is 11.6 Å². The van der Waals surface area contributed by atoms with E-state index in [4.69, 9.17) is 16.6 Å². The Kier molecular flexibility index (Phi) is 2.24. The summed E-state index contributed by atoms with van der Waals surface area (Å²) in [6.07, 6.45) is 2.44. The van der Waals surface area contributed by atoms with E-state index in [1.165, 1.54) is 6.08 Å². The van der Waals surface area contributed by atoms with Crippen LogP contribution in [0.5, 0.6) is 0 Å². The predicted molar refractivity (Wildman–Crippen MR) is 61.6 cm³/mol. The number of aliphatic carboxylic acids is 1. The van der Waals surface area contributed by atoms with Gasteiger partial charge in [-0.05, 0) is 12.1 Å². The van der Waals surface area contributed by atoms with E-state index in [2.05, 4.69) is 9.97 Å². The van der Waals surface area contributed by atoms with Crippen LogP contribution in [-0.4, -0.2) is 21.0 Å². The number of carboxylic acids is 1. The number of fused-ring (bicyclic) bond motifs is 1. The molecule has 0 radical (unpaired) electrons. The molecule has 0 fully saturated rings. The number of imidazole rings is 1. The van der Waals surface area contributed by atoms with Crippen molar-refractivity contribution < 1.29 is 9.90 Å². The number of hydrogen-bond acceptors (Lipinski definition) is 4. The number of nitrogens with zero attached hydrogens (tertiary/aromatic N) is 1. The predicted octanol–water partition coefficient (Wildman–Crippen LogP) is 0.825. The highest BCUT2D eigenvalue weighted by atomic mass is 16.4. The second-order valence-electron chi connectivity index (χ2n) is 3.26. The average Bonchev–Trinajstić information content (AvgIpc) is 2.58. The van der Waals surface area contributed by atoms with Crippen LogP contribution in [0.3, 0.4) is 0 Å². The van der Waals surface area contributed by atoms with Gasteiger partial charge in [-0.15, -0.1) is 0 Å². The normalized spacial score (nSPS) is 11.2. The van der Waals surface area contributed by atoms with E-state index in [1.807, 2.05) is 0 Å². The second-order valence-corrected chi connectivity index (χ2v) is 3.26. The first kappa shape index (κ1) is 10.0. The molecule has 2 aromatic rings. The van der Waals surface area contributed by atoms with Crippen molar-refractivity contribution in [2.75, 3.05) is 11.5 Å². The number of benzene rings is 1. The van der Waals surface area contributed by atoms with Crippen molar-refractivity contribution in [2.45, 2.75) is 0 Å². The first-order chi connectivity index (χ1) is 7.58. The SMILES string of the molecule is Nc1nc2c(N)c(/C=C/C(=O)O)ccc2[nH]1. The molecule has 0 spiro atoms. The molecule has 0 atom stereocenters. The summed E-state index contributed by atoms with van der Waals surface area (Å²) in [6, 6.07) is 3.45. The molecule has 6 nitrogen and oxygen atoms in total. The third-order valence-corrected chi connectivity index (χ3v) is 2.15. The van der Waals surface area contributed by atoms with Crippen molar-refractivity contribution in [1.29, 1.82) is 0 Å². The zero-order valence-corrected chi connectivity index (χ0v) is 8.27. The number of carboxylic acid groups (broad SMARTS) is 1. The minimum Gasteiger partial charge on any atom is -0.478 e. The summed E-state index contributed by atoms with van der Waals surface area (Å²) in [6.45, 7) is 0. The van der Waals surface area contributed by atoms with E-state index < -0.39 is 5.97 Å². The van der Waals surface area contributed by atoms with Gasteiger partial charge in [0.05, 0.1) is 11.2 Å². The maximum absolute atomic E-state index is 10.4. The molecule has 0 amide bonds. The molecule has 1 heterocycles. The van der Waals surface area contributed by atoms with Gasteiger partial charge in [-0.25, -0.2) is 9.78 Å². The number of hydrogen-bond donors (Lipinski definition) is 4. The Bertz CT molecular complexity index is 586. The zero-order chi connectivity index (χ0) is 11.7. The summed E-state index contributed by atoms with van der Waals surface area (Å²) < 4.78 is 0.